The van der Waals surface area contributed by atoms with Crippen molar-refractivity contribution in [1.82, 2.24) is 47.9 Å². The van der Waals surface area contributed by atoms with E-state index < -0.39 is 120 Å². The highest BCUT2D eigenvalue weighted by Crippen LogP contribution is 2.14. The number of nitrogens with two attached hydrogens (primary N) is 10. The Hall–Kier alpha value is -9.21. The molecule has 0 saturated heterocycles. The molecule has 33 heteroatoms. The monoisotopic (exact) mass is 1330 g/mol. The summed E-state index contributed by atoms with van der Waals surface area (Å²) in [5.74, 6) is -9.17. The van der Waals surface area contributed by atoms with E-state index in [9.17, 15) is 53.1 Å². The van der Waals surface area contributed by atoms with E-state index in [1.165, 1.54) is 0 Å². The zero-order chi connectivity index (χ0) is 70.7. The van der Waals surface area contributed by atoms with Crippen molar-refractivity contribution in [2.24, 2.45) is 78.2 Å². The molecule has 0 saturated carbocycles. The van der Waals surface area contributed by atoms with Gasteiger partial charge in [0, 0.05) is 32.5 Å². The fourth-order valence-corrected chi connectivity index (χ4v) is 9.84. The highest BCUT2D eigenvalue weighted by molar-refractivity contribution is 5.98. The van der Waals surface area contributed by atoms with Gasteiger partial charge in [-0.1, -0.05) is 74.5 Å². The highest BCUT2D eigenvalue weighted by atomic mass is 16.4. The van der Waals surface area contributed by atoms with Crippen LogP contribution in [0.3, 0.4) is 0 Å². The van der Waals surface area contributed by atoms with Crippen LogP contribution < -0.4 is 105 Å². The third-order valence-electron chi connectivity index (χ3n) is 14.8. The summed E-state index contributed by atoms with van der Waals surface area (Å²) in [6.07, 6.45) is 2.64. The lowest BCUT2D eigenvalue weighted by atomic mass is 10.0. The number of carbonyl (C=O) groups excluding carboxylic acids is 9. The average Bonchev–Trinajstić information content (AvgIpc) is 3.71. The van der Waals surface area contributed by atoms with Crippen molar-refractivity contribution < 1.29 is 53.1 Å². The fraction of sp³-hybridized carbons (Fsp3) is 0.597. The molecule has 30 N–H and O–H groups in total. The molecule has 2 aromatic carbocycles. The van der Waals surface area contributed by atoms with Gasteiger partial charge >= 0.3 is 5.97 Å². The molecule has 530 valence electrons. The number of carbonyl (C=O) groups is 10. The van der Waals surface area contributed by atoms with Gasteiger partial charge in [-0.15, -0.1) is 0 Å². The minimum atomic E-state index is -1.47. The lowest BCUT2D eigenvalue weighted by molar-refractivity contribution is -0.143. The average molecular weight is 1340 g/mol. The molecule has 0 bridgehead atoms. The van der Waals surface area contributed by atoms with Gasteiger partial charge in [-0.25, -0.2) is 4.79 Å². The van der Waals surface area contributed by atoms with Gasteiger partial charge in [0.1, 0.15) is 54.4 Å². The SMILES string of the molecule is CC(C)C[C@H](NC(=O)[C@H](CCCCN)NC(=O)[C@H](CCCCN)NC(=O)[C@H](CCCN=C(N)N)NC(=O)[C@H](Cc1ccccc1)NC(=O)[C@H](CCCN=C(N)N)NC(=O)[C@H](CCCCN)NC(=O)[C@H](Cc1ccccc1)NC(=O)[C@H](CCCN=C(N)N)NC(=O)CN)C(=O)O. The third kappa shape index (κ3) is 35.0. The zero-order valence-corrected chi connectivity index (χ0v) is 54.9. The van der Waals surface area contributed by atoms with E-state index in [0.29, 0.717) is 49.7 Å². The first-order valence-corrected chi connectivity index (χ1v) is 32.3. The normalized spacial score (nSPS) is 13.8. The number of amides is 9. The molecule has 0 aromatic heterocycles. The van der Waals surface area contributed by atoms with Crippen LogP contribution >= 0.6 is 0 Å². The molecule has 9 amide bonds. The number of aliphatic imine (C=N–C) groups is 3. The smallest absolute Gasteiger partial charge is 0.326 e. The molecule has 0 unspecified atom stereocenters. The van der Waals surface area contributed by atoms with Crippen molar-refractivity contribution in [3.05, 3.63) is 71.8 Å². The van der Waals surface area contributed by atoms with Crippen molar-refractivity contribution in [2.45, 2.75) is 184 Å². The lowest BCUT2D eigenvalue weighted by Gasteiger charge is -2.28. The molecule has 0 fully saturated rings. The molecule has 2 rings (SSSR count). The number of rotatable bonds is 49. The molecule has 0 aliphatic heterocycles. The number of hydrogen-bond acceptors (Lipinski definition) is 17. The Morgan fingerprint density at radius 3 is 0.863 bits per heavy atom. The molecular weight excluding hydrogens is 1230 g/mol. The lowest BCUT2D eigenvalue weighted by Crippen LogP contribution is -2.61. The molecule has 9 atom stereocenters. The first-order chi connectivity index (χ1) is 45.3. The van der Waals surface area contributed by atoms with Crippen molar-refractivity contribution in [3.8, 4) is 0 Å². The molecule has 33 nitrogen and oxygen atoms in total. The van der Waals surface area contributed by atoms with Crippen LogP contribution in [0.25, 0.3) is 0 Å². The number of unbranched alkanes of at least 4 members (excludes halogenated alkanes) is 3. The van der Waals surface area contributed by atoms with E-state index in [0.717, 1.165) is 0 Å². The predicted molar refractivity (Wildman–Crippen MR) is 362 cm³/mol. The highest BCUT2D eigenvalue weighted by Gasteiger charge is 2.36. The third-order valence-corrected chi connectivity index (χ3v) is 14.8. The Labute approximate surface area is 555 Å². The number of hydrogen-bond donors (Lipinski definition) is 20. The quantitative estimate of drug-likeness (QED) is 0.0169. The van der Waals surface area contributed by atoms with Gasteiger partial charge in [0.2, 0.25) is 53.2 Å². The fourth-order valence-electron chi connectivity index (χ4n) is 9.84. The summed E-state index contributed by atoms with van der Waals surface area (Å²) in [7, 11) is 0. The Morgan fingerprint density at radius 2 is 0.611 bits per heavy atom. The van der Waals surface area contributed by atoms with Crippen molar-refractivity contribution in [3.63, 3.8) is 0 Å². The first kappa shape index (κ1) is 81.9. The minimum Gasteiger partial charge on any atom is -0.480 e. The molecule has 0 heterocycles. The molecule has 0 radical (unpaired) electrons. The van der Waals surface area contributed by atoms with Gasteiger partial charge in [0.25, 0.3) is 0 Å². The Kier molecular flexibility index (Phi) is 40.3. The second-order valence-corrected chi connectivity index (χ2v) is 23.4. The van der Waals surface area contributed by atoms with Crippen molar-refractivity contribution in [2.75, 3.05) is 45.8 Å². The predicted octanol–water partition coefficient (Wildman–Crippen LogP) is -4.53. The van der Waals surface area contributed by atoms with Crippen LogP contribution in [0, 0.1) is 5.92 Å². The number of guanidine groups is 3. The number of nitrogens with one attached hydrogen (secondary N) is 9. The van der Waals surface area contributed by atoms with E-state index in [1.807, 2.05) is 0 Å². The summed E-state index contributed by atoms with van der Waals surface area (Å²) >= 11 is 0. The summed E-state index contributed by atoms with van der Waals surface area (Å²) in [4.78, 5) is 153. The topological polar surface area (TPSA) is 596 Å². The summed E-state index contributed by atoms with van der Waals surface area (Å²) < 4.78 is 0. The van der Waals surface area contributed by atoms with Gasteiger partial charge in [-0.2, -0.15) is 0 Å². The molecule has 2 aromatic rings. The molecule has 95 heavy (non-hydrogen) atoms. The number of benzene rings is 2. The van der Waals surface area contributed by atoms with Gasteiger partial charge in [-0.3, -0.25) is 58.1 Å². The van der Waals surface area contributed by atoms with Crippen molar-refractivity contribution >= 4 is 77.0 Å². The maximum absolute atomic E-state index is 14.9. The zero-order valence-electron chi connectivity index (χ0n) is 54.9. The van der Waals surface area contributed by atoms with Crippen LogP contribution in [0.2, 0.25) is 0 Å². The van der Waals surface area contributed by atoms with E-state index in [-0.39, 0.29) is 140 Å². The maximum atomic E-state index is 14.9. The molecular formula is C62H106N22O11. The summed E-state index contributed by atoms with van der Waals surface area (Å²) in [6.45, 7) is 4.04. The Balaban J connectivity index is 2.69. The summed E-state index contributed by atoms with van der Waals surface area (Å²) in [6, 6.07) is 5.23. The number of aliphatic carboxylic acids is 1. The van der Waals surface area contributed by atoms with Gasteiger partial charge in [0.05, 0.1) is 6.54 Å². The molecule has 0 aliphatic rings. The van der Waals surface area contributed by atoms with E-state index in [1.54, 1.807) is 74.5 Å². The molecule has 0 aliphatic carbocycles. The summed E-state index contributed by atoms with van der Waals surface area (Å²) in [5.41, 5.74) is 57.7. The minimum absolute atomic E-state index is 0.000657. The Bertz CT molecular complexity index is 2790. The van der Waals surface area contributed by atoms with Gasteiger partial charge in [0.15, 0.2) is 17.9 Å². The van der Waals surface area contributed by atoms with E-state index >= 15 is 0 Å². The number of carboxylic acids is 1. The standard InChI is InChI=1S/C62H106N22O11/c1-38(2)34-49(59(94)95)84-56(91)44(24-11-14-30-65)78-52(87)42(22-9-12-28-63)77-54(89)45(26-16-32-74-61(69)70)81-58(93)48(36-40-20-7-4-8-21-40)83-55(90)46(27-17-33-75-62(71)72)79-53(88)43(23-10-13-29-64)80-57(92)47(35-39-18-5-3-6-19-39)82-51(86)41(76-50(85)37-66)25-15-31-73-60(67)68/h3-8,18-21,38,41-49H,9-17,22-37,63-66H2,1-2H3,(H,76,85)(H,77,89)(H,78,87)(H,79,88)(H,80,92)(H,81,93)(H,82,86)(H,83,90)(H,84,91)(H,94,95)(H4,67,68,73)(H4,69,70,74)(H4,71,72,75)/t41-,42-,43-,44-,45-,46-,47-,48-,49-/m0/s1. The van der Waals surface area contributed by atoms with E-state index in [2.05, 4.69) is 62.8 Å². The van der Waals surface area contributed by atoms with Crippen LogP contribution in [-0.4, -0.2) is 182 Å². The molecule has 0 spiro atoms. The van der Waals surface area contributed by atoms with Crippen LogP contribution in [0.5, 0.6) is 0 Å². The largest absolute Gasteiger partial charge is 0.480 e. The van der Waals surface area contributed by atoms with Crippen LogP contribution in [0.4, 0.5) is 0 Å². The first-order valence-electron chi connectivity index (χ1n) is 32.3. The van der Waals surface area contributed by atoms with Crippen LogP contribution in [0.1, 0.15) is 128 Å². The number of carboxylic acid groups (broad SMARTS) is 1. The van der Waals surface area contributed by atoms with Crippen LogP contribution in [0.15, 0.2) is 75.6 Å². The summed E-state index contributed by atoms with van der Waals surface area (Å²) in [5, 5.41) is 34.3. The van der Waals surface area contributed by atoms with Gasteiger partial charge in [-0.05, 0) is 139 Å². The van der Waals surface area contributed by atoms with E-state index in [4.69, 9.17) is 57.3 Å². The second-order valence-electron chi connectivity index (χ2n) is 23.4. The van der Waals surface area contributed by atoms with Crippen molar-refractivity contribution in [1.29, 1.82) is 0 Å². The second kappa shape index (κ2) is 46.8. The Morgan fingerprint density at radius 1 is 0.358 bits per heavy atom. The van der Waals surface area contributed by atoms with Crippen LogP contribution in [-0.2, 0) is 60.8 Å². The number of nitrogens with zero attached hydrogens (tertiary/aromatic N) is 3. The van der Waals surface area contributed by atoms with Gasteiger partial charge < -0.3 is 110 Å². The maximum Gasteiger partial charge on any atom is 0.326 e.